The molecule has 0 atom stereocenters. The SMILES string of the molecule is COc1cc(C=C2Oc3cc(OCC(=O)O)ccc3C2=O)c(OC)c(OC)c1. The third-order valence-electron chi connectivity index (χ3n) is 4.01. The van der Waals surface area contributed by atoms with Crippen LogP contribution in [0.15, 0.2) is 36.1 Å². The van der Waals surface area contributed by atoms with Gasteiger partial charge in [0.25, 0.3) is 0 Å². The lowest BCUT2D eigenvalue weighted by Crippen LogP contribution is -2.09. The Hall–Kier alpha value is -3.68. The number of carbonyl (C=O) groups excluding carboxylic acids is 1. The molecule has 0 spiro atoms. The molecule has 1 N–H and O–H groups in total. The minimum atomic E-state index is -1.10. The number of Topliss-reactive ketones (excluding diaryl/α,β-unsaturated/α-hetero) is 1. The number of aliphatic carboxylic acids is 1. The first-order valence-corrected chi connectivity index (χ1v) is 8.19. The van der Waals surface area contributed by atoms with Crippen molar-refractivity contribution in [2.24, 2.45) is 0 Å². The Balaban J connectivity index is 1.95. The predicted octanol–water partition coefficient (Wildman–Crippen LogP) is 2.79. The van der Waals surface area contributed by atoms with Crippen LogP contribution in [0.5, 0.6) is 28.7 Å². The van der Waals surface area contributed by atoms with Gasteiger partial charge in [-0.3, -0.25) is 4.79 Å². The van der Waals surface area contributed by atoms with Crippen LogP contribution in [-0.2, 0) is 4.79 Å². The van der Waals surface area contributed by atoms with Crippen molar-refractivity contribution in [1.29, 1.82) is 0 Å². The number of methoxy groups -OCH3 is 3. The molecule has 0 bridgehead atoms. The zero-order valence-corrected chi connectivity index (χ0v) is 15.5. The van der Waals surface area contributed by atoms with E-state index in [0.717, 1.165) is 0 Å². The Morgan fingerprint density at radius 2 is 1.86 bits per heavy atom. The van der Waals surface area contributed by atoms with E-state index in [1.54, 1.807) is 12.1 Å². The van der Waals surface area contributed by atoms with Crippen molar-refractivity contribution in [3.05, 3.63) is 47.2 Å². The smallest absolute Gasteiger partial charge is 0.341 e. The molecule has 146 valence electrons. The van der Waals surface area contributed by atoms with Crippen molar-refractivity contribution in [1.82, 2.24) is 0 Å². The Labute approximate surface area is 160 Å². The average molecular weight is 386 g/mol. The number of hydrogen-bond donors (Lipinski definition) is 1. The molecule has 0 saturated carbocycles. The van der Waals surface area contributed by atoms with Gasteiger partial charge in [0.2, 0.25) is 5.78 Å². The van der Waals surface area contributed by atoms with Crippen molar-refractivity contribution in [2.75, 3.05) is 27.9 Å². The molecule has 8 heteroatoms. The van der Waals surface area contributed by atoms with Gasteiger partial charge in [-0.2, -0.15) is 0 Å². The summed E-state index contributed by atoms with van der Waals surface area (Å²) < 4.78 is 26.7. The summed E-state index contributed by atoms with van der Waals surface area (Å²) in [6, 6.07) is 7.87. The molecule has 0 aliphatic carbocycles. The maximum atomic E-state index is 12.7. The molecule has 0 fully saturated rings. The van der Waals surface area contributed by atoms with Gasteiger partial charge in [0.1, 0.15) is 17.2 Å². The molecule has 0 saturated heterocycles. The van der Waals surface area contributed by atoms with Crippen LogP contribution in [0.3, 0.4) is 0 Å². The van der Waals surface area contributed by atoms with Gasteiger partial charge in [0.15, 0.2) is 23.9 Å². The number of carbonyl (C=O) groups is 2. The highest BCUT2D eigenvalue weighted by Crippen LogP contribution is 2.39. The van der Waals surface area contributed by atoms with Crippen LogP contribution in [0, 0.1) is 0 Å². The number of carboxylic acids is 1. The van der Waals surface area contributed by atoms with E-state index in [-0.39, 0.29) is 23.0 Å². The van der Waals surface area contributed by atoms with Gasteiger partial charge in [0.05, 0.1) is 26.9 Å². The summed E-state index contributed by atoms with van der Waals surface area (Å²) >= 11 is 0. The number of allylic oxidation sites excluding steroid dienone is 1. The Morgan fingerprint density at radius 1 is 1.07 bits per heavy atom. The van der Waals surface area contributed by atoms with Crippen LogP contribution >= 0.6 is 0 Å². The zero-order chi connectivity index (χ0) is 20.3. The van der Waals surface area contributed by atoms with Crippen LogP contribution in [0.2, 0.25) is 0 Å². The first kappa shape index (κ1) is 19.1. The van der Waals surface area contributed by atoms with E-state index in [4.69, 9.17) is 28.8 Å². The van der Waals surface area contributed by atoms with E-state index >= 15 is 0 Å². The fourth-order valence-electron chi connectivity index (χ4n) is 2.74. The number of ether oxygens (including phenoxy) is 5. The highest BCUT2D eigenvalue weighted by atomic mass is 16.5. The Kier molecular flexibility index (Phi) is 5.39. The first-order valence-electron chi connectivity index (χ1n) is 8.19. The van der Waals surface area contributed by atoms with E-state index in [1.807, 2.05) is 0 Å². The predicted molar refractivity (Wildman–Crippen MR) is 98.6 cm³/mol. The monoisotopic (exact) mass is 386 g/mol. The summed E-state index contributed by atoms with van der Waals surface area (Å²) in [5, 5.41) is 8.70. The second-order valence-corrected chi connectivity index (χ2v) is 5.73. The van der Waals surface area contributed by atoms with E-state index in [1.165, 1.54) is 45.6 Å². The number of carboxylic acid groups (broad SMARTS) is 1. The third-order valence-corrected chi connectivity index (χ3v) is 4.01. The summed E-state index contributed by atoms with van der Waals surface area (Å²) in [6.07, 6.45) is 1.53. The fourth-order valence-corrected chi connectivity index (χ4v) is 2.74. The second-order valence-electron chi connectivity index (χ2n) is 5.73. The summed E-state index contributed by atoms with van der Waals surface area (Å²) in [7, 11) is 4.51. The zero-order valence-electron chi connectivity index (χ0n) is 15.5. The van der Waals surface area contributed by atoms with Gasteiger partial charge < -0.3 is 28.8 Å². The molecule has 2 aromatic carbocycles. The molecule has 1 heterocycles. The lowest BCUT2D eigenvalue weighted by molar-refractivity contribution is -0.139. The molecule has 0 unspecified atom stereocenters. The molecular formula is C20H18O8. The number of hydrogen-bond acceptors (Lipinski definition) is 7. The van der Waals surface area contributed by atoms with E-state index in [2.05, 4.69) is 0 Å². The van der Waals surface area contributed by atoms with E-state index in [9.17, 15) is 9.59 Å². The molecule has 8 nitrogen and oxygen atoms in total. The van der Waals surface area contributed by atoms with Crippen LogP contribution in [-0.4, -0.2) is 44.8 Å². The van der Waals surface area contributed by atoms with Crippen molar-refractivity contribution in [2.45, 2.75) is 0 Å². The van der Waals surface area contributed by atoms with Gasteiger partial charge in [-0.15, -0.1) is 0 Å². The summed E-state index contributed by atoms with van der Waals surface area (Å²) in [5.41, 5.74) is 0.889. The number of ketones is 1. The minimum absolute atomic E-state index is 0.0824. The standard InChI is InChI=1S/C20H18O8/c1-24-13-6-11(20(26-3)17(9-13)25-2)7-16-19(23)14-5-4-12(8-15(14)28-16)27-10-18(21)22/h4-9H,10H2,1-3H3,(H,21,22). The van der Waals surface area contributed by atoms with Crippen molar-refractivity contribution < 1.29 is 38.4 Å². The van der Waals surface area contributed by atoms with Gasteiger partial charge in [-0.25, -0.2) is 4.79 Å². The molecule has 0 amide bonds. The molecule has 1 aliphatic rings. The minimum Gasteiger partial charge on any atom is -0.497 e. The topological polar surface area (TPSA) is 101 Å². The summed E-state index contributed by atoms with van der Waals surface area (Å²) in [5.74, 6) is 0.634. The lowest BCUT2D eigenvalue weighted by Gasteiger charge is -2.13. The lowest BCUT2D eigenvalue weighted by atomic mass is 10.1. The maximum absolute atomic E-state index is 12.7. The fraction of sp³-hybridized carbons (Fsp3) is 0.200. The quantitative estimate of drug-likeness (QED) is 0.725. The third kappa shape index (κ3) is 3.71. The van der Waals surface area contributed by atoms with Crippen LogP contribution in [0.1, 0.15) is 15.9 Å². The number of benzene rings is 2. The Morgan fingerprint density at radius 3 is 2.50 bits per heavy atom. The number of fused-ring (bicyclic) bond motifs is 1. The maximum Gasteiger partial charge on any atom is 0.341 e. The molecule has 1 aliphatic heterocycles. The molecule has 0 aromatic heterocycles. The van der Waals surface area contributed by atoms with Gasteiger partial charge in [-0.1, -0.05) is 0 Å². The largest absolute Gasteiger partial charge is 0.497 e. The molecule has 28 heavy (non-hydrogen) atoms. The molecule has 0 radical (unpaired) electrons. The van der Waals surface area contributed by atoms with E-state index in [0.29, 0.717) is 28.4 Å². The Bertz CT molecular complexity index is 961. The summed E-state index contributed by atoms with van der Waals surface area (Å²) in [4.78, 5) is 23.3. The van der Waals surface area contributed by atoms with Gasteiger partial charge in [-0.05, 0) is 24.3 Å². The molecule has 3 rings (SSSR count). The highest BCUT2D eigenvalue weighted by Gasteiger charge is 2.28. The average Bonchev–Trinajstić information content (AvgIpc) is 3.00. The number of rotatable bonds is 7. The van der Waals surface area contributed by atoms with Crippen LogP contribution in [0.4, 0.5) is 0 Å². The first-order chi connectivity index (χ1) is 13.5. The van der Waals surface area contributed by atoms with Crippen molar-refractivity contribution in [3.8, 4) is 28.7 Å². The molecular weight excluding hydrogens is 368 g/mol. The van der Waals surface area contributed by atoms with Crippen LogP contribution in [0.25, 0.3) is 6.08 Å². The van der Waals surface area contributed by atoms with Gasteiger partial charge >= 0.3 is 5.97 Å². The van der Waals surface area contributed by atoms with E-state index < -0.39 is 12.6 Å². The summed E-state index contributed by atoms with van der Waals surface area (Å²) in [6.45, 7) is -0.490. The molecule has 2 aromatic rings. The van der Waals surface area contributed by atoms with Crippen molar-refractivity contribution >= 4 is 17.8 Å². The van der Waals surface area contributed by atoms with Crippen molar-refractivity contribution in [3.63, 3.8) is 0 Å². The normalized spacial score (nSPS) is 13.7. The second kappa shape index (κ2) is 7.91. The highest BCUT2D eigenvalue weighted by molar-refractivity contribution is 6.14. The van der Waals surface area contributed by atoms with Crippen LogP contribution < -0.4 is 23.7 Å². The van der Waals surface area contributed by atoms with Gasteiger partial charge in [0, 0.05) is 17.7 Å².